The summed E-state index contributed by atoms with van der Waals surface area (Å²) in [5.41, 5.74) is 2.22. The number of hydrogen-bond donors (Lipinski definition) is 1. The molecule has 0 unspecified atom stereocenters. The predicted molar refractivity (Wildman–Crippen MR) is 116 cm³/mol. The van der Waals surface area contributed by atoms with Crippen LogP contribution in [0.3, 0.4) is 0 Å². The number of halogens is 1. The second-order valence-corrected chi connectivity index (χ2v) is 8.84. The predicted octanol–water partition coefficient (Wildman–Crippen LogP) is 2.82. The standard InChI is InChI=1S/C22H24ClN3O2S/c1-29-18-4-2-3-16(11-18)13-25-9-10-26-20(14-25)21(27)24-19(22(26)28)12-15-5-7-17(23)8-6-15/h2-8,11,19-20H,9-10,12-14H2,1H3,(H,24,27)/t19-,20+/m0/s1. The van der Waals surface area contributed by atoms with Gasteiger partial charge in [-0.1, -0.05) is 35.9 Å². The van der Waals surface area contributed by atoms with Crippen molar-refractivity contribution < 1.29 is 9.59 Å². The molecule has 2 atom stereocenters. The lowest BCUT2D eigenvalue weighted by molar-refractivity contribution is -0.153. The third kappa shape index (κ3) is 4.60. The highest BCUT2D eigenvalue weighted by Gasteiger charge is 2.43. The van der Waals surface area contributed by atoms with E-state index in [1.54, 1.807) is 28.8 Å². The second-order valence-electron chi connectivity index (χ2n) is 7.53. The third-order valence-electron chi connectivity index (χ3n) is 5.56. The van der Waals surface area contributed by atoms with Crippen molar-refractivity contribution in [3.8, 4) is 0 Å². The van der Waals surface area contributed by atoms with Gasteiger partial charge in [0.05, 0.1) is 0 Å². The van der Waals surface area contributed by atoms with Gasteiger partial charge in [0.15, 0.2) is 0 Å². The molecule has 2 heterocycles. The number of hydrogen-bond acceptors (Lipinski definition) is 4. The van der Waals surface area contributed by atoms with Crippen LogP contribution in [-0.2, 0) is 22.6 Å². The van der Waals surface area contributed by atoms with Crippen LogP contribution in [0.15, 0.2) is 53.4 Å². The zero-order valence-corrected chi connectivity index (χ0v) is 17.9. The molecule has 2 fully saturated rings. The van der Waals surface area contributed by atoms with Gasteiger partial charge in [-0.3, -0.25) is 14.5 Å². The molecule has 2 aromatic carbocycles. The van der Waals surface area contributed by atoms with Crippen LogP contribution >= 0.6 is 23.4 Å². The lowest BCUT2D eigenvalue weighted by Gasteiger charge is -2.45. The number of benzene rings is 2. The summed E-state index contributed by atoms with van der Waals surface area (Å²) in [7, 11) is 0. The molecular formula is C22H24ClN3O2S. The van der Waals surface area contributed by atoms with Gasteiger partial charge < -0.3 is 10.2 Å². The number of carbonyl (C=O) groups excluding carboxylic acids is 2. The average Bonchev–Trinajstić information content (AvgIpc) is 2.73. The molecular weight excluding hydrogens is 406 g/mol. The van der Waals surface area contributed by atoms with Crippen molar-refractivity contribution in [2.45, 2.75) is 29.9 Å². The smallest absolute Gasteiger partial charge is 0.246 e. The van der Waals surface area contributed by atoms with Crippen molar-refractivity contribution in [3.63, 3.8) is 0 Å². The summed E-state index contributed by atoms with van der Waals surface area (Å²) >= 11 is 7.66. The van der Waals surface area contributed by atoms with E-state index in [0.29, 0.717) is 24.5 Å². The molecule has 2 aliphatic rings. The number of piperazine rings is 2. The number of amides is 2. The van der Waals surface area contributed by atoms with E-state index in [4.69, 9.17) is 11.6 Å². The van der Waals surface area contributed by atoms with Crippen LogP contribution in [-0.4, -0.2) is 59.6 Å². The first-order valence-corrected chi connectivity index (χ1v) is 11.3. The minimum atomic E-state index is -0.510. The van der Waals surface area contributed by atoms with E-state index in [1.807, 2.05) is 12.1 Å². The highest BCUT2D eigenvalue weighted by Crippen LogP contribution is 2.22. The highest BCUT2D eigenvalue weighted by atomic mass is 35.5. The summed E-state index contributed by atoms with van der Waals surface area (Å²) in [4.78, 5) is 31.0. The number of thioether (sulfide) groups is 1. The molecule has 4 rings (SSSR count). The Morgan fingerprint density at radius 3 is 2.66 bits per heavy atom. The van der Waals surface area contributed by atoms with Crippen molar-refractivity contribution in [3.05, 3.63) is 64.7 Å². The fourth-order valence-electron chi connectivity index (χ4n) is 4.02. The van der Waals surface area contributed by atoms with Gasteiger partial charge in [-0.05, 0) is 41.6 Å². The molecule has 0 spiro atoms. The largest absolute Gasteiger partial charge is 0.342 e. The lowest BCUT2D eigenvalue weighted by atomic mass is 9.98. The van der Waals surface area contributed by atoms with Crippen LogP contribution < -0.4 is 5.32 Å². The van der Waals surface area contributed by atoms with E-state index in [-0.39, 0.29) is 11.8 Å². The molecule has 0 bridgehead atoms. The first-order valence-electron chi connectivity index (χ1n) is 9.74. The molecule has 0 saturated carbocycles. The number of nitrogens with zero attached hydrogens (tertiary/aromatic N) is 2. The molecule has 5 nitrogen and oxygen atoms in total. The van der Waals surface area contributed by atoms with Gasteiger partial charge in [-0.2, -0.15) is 0 Å². The summed E-state index contributed by atoms with van der Waals surface area (Å²) in [6.07, 6.45) is 2.55. The zero-order valence-electron chi connectivity index (χ0n) is 16.3. The molecule has 7 heteroatoms. The van der Waals surface area contributed by atoms with Gasteiger partial charge in [0.1, 0.15) is 12.1 Å². The first kappa shape index (κ1) is 20.3. The maximum absolute atomic E-state index is 13.0. The fourth-order valence-corrected chi connectivity index (χ4v) is 4.63. The SMILES string of the molecule is CSc1cccc(CN2CCN3C(=O)[C@H](Cc4ccc(Cl)cc4)NC(=O)[C@H]3C2)c1. The van der Waals surface area contributed by atoms with Crippen LogP contribution in [0.25, 0.3) is 0 Å². The summed E-state index contributed by atoms with van der Waals surface area (Å²) in [5.74, 6) is -0.0558. The molecule has 2 aliphatic heterocycles. The average molecular weight is 430 g/mol. The Morgan fingerprint density at radius 1 is 1.10 bits per heavy atom. The van der Waals surface area contributed by atoms with Crippen LogP contribution in [0, 0.1) is 0 Å². The monoisotopic (exact) mass is 429 g/mol. The first-order chi connectivity index (χ1) is 14.0. The van der Waals surface area contributed by atoms with Crippen molar-refractivity contribution >= 4 is 35.2 Å². The minimum absolute atomic E-state index is 0.00794. The summed E-state index contributed by atoms with van der Waals surface area (Å²) in [6, 6.07) is 14.9. The lowest BCUT2D eigenvalue weighted by Crippen LogP contribution is -2.69. The Balaban J connectivity index is 1.41. The Bertz CT molecular complexity index is 905. The van der Waals surface area contributed by atoms with Gasteiger partial charge >= 0.3 is 0 Å². The maximum atomic E-state index is 13.0. The normalized spacial score (nSPS) is 22.3. The summed E-state index contributed by atoms with van der Waals surface area (Å²) < 4.78 is 0. The number of fused-ring (bicyclic) bond motifs is 1. The molecule has 0 aliphatic carbocycles. The van der Waals surface area contributed by atoms with Crippen molar-refractivity contribution in [2.24, 2.45) is 0 Å². The van der Waals surface area contributed by atoms with Crippen molar-refractivity contribution in [1.29, 1.82) is 0 Å². The molecule has 2 amide bonds. The quantitative estimate of drug-likeness (QED) is 0.742. The second kappa shape index (κ2) is 8.78. The van der Waals surface area contributed by atoms with E-state index in [2.05, 4.69) is 40.7 Å². The molecule has 152 valence electrons. The van der Waals surface area contributed by atoms with Crippen molar-refractivity contribution in [1.82, 2.24) is 15.1 Å². The van der Waals surface area contributed by atoms with Crippen LogP contribution in [0.2, 0.25) is 5.02 Å². The topological polar surface area (TPSA) is 52.6 Å². The van der Waals surface area contributed by atoms with E-state index in [9.17, 15) is 9.59 Å². The van der Waals surface area contributed by atoms with E-state index in [1.165, 1.54) is 10.5 Å². The van der Waals surface area contributed by atoms with Crippen LogP contribution in [0.1, 0.15) is 11.1 Å². The Kier molecular flexibility index (Phi) is 6.13. The summed E-state index contributed by atoms with van der Waals surface area (Å²) in [5, 5.41) is 3.60. The molecule has 2 saturated heterocycles. The highest BCUT2D eigenvalue weighted by molar-refractivity contribution is 7.98. The zero-order chi connectivity index (χ0) is 20.4. The Morgan fingerprint density at radius 2 is 1.90 bits per heavy atom. The molecule has 0 aromatic heterocycles. The summed E-state index contributed by atoms with van der Waals surface area (Å²) in [6.45, 7) is 2.70. The van der Waals surface area contributed by atoms with Crippen LogP contribution in [0.5, 0.6) is 0 Å². The molecule has 1 N–H and O–H groups in total. The molecule has 29 heavy (non-hydrogen) atoms. The minimum Gasteiger partial charge on any atom is -0.342 e. The third-order valence-corrected chi connectivity index (χ3v) is 6.54. The van der Waals surface area contributed by atoms with Gasteiger partial charge in [-0.25, -0.2) is 0 Å². The van der Waals surface area contributed by atoms with Gasteiger partial charge in [0.2, 0.25) is 11.8 Å². The van der Waals surface area contributed by atoms with Gasteiger partial charge in [-0.15, -0.1) is 11.8 Å². The fraction of sp³-hybridized carbons (Fsp3) is 0.364. The maximum Gasteiger partial charge on any atom is 0.246 e. The van der Waals surface area contributed by atoms with E-state index < -0.39 is 12.1 Å². The number of rotatable bonds is 5. The Labute approximate surface area is 180 Å². The van der Waals surface area contributed by atoms with E-state index in [0.717, 1.165) is 18.7 Å². The number of nitrogens with one attached hydrogen (secondary N) is 1. The van der Waals surface area contributed by atoms with Gasteiger partial charge in [0, 0.05) is 42.5 Å². The molecule has 0 radical (unpaired) electrons. The van der Waals surface area contributed by atoms with Crippen molar-refractivity contribution in [2.75, 3.05) is 25.9 Å². The molecule has 2 aromatic rings. The van der Waals surface area contributed by atoms with Crippen LogP contribution in [0.4, 0.5) is 0 Å². The Hall–Kier alpha value is -2.02. The number of carbonyl (C=O) groups is 2. The van der Waals surface area contributed by atoms with Gasteiger partial charge in [0.25, 0.3) is 0 Å². The van der Waals surface area contributed by atoms with E-state index >= 15 is 0 Å².